The Kier molecular flexibility index (Phi) is 7.61. The lowest BCUT2D eigenvalue weighted by Gasteiger charge is -2.13. The first kappa shape index (κ1) is 26.1. The van der Waals surface area contributed by atoms with Crippen molar-refractivity contribution >= 4 is 22.1 Å². The maximum Gasteiger partial charge on any atom is 0.162 e. The third kappa shape index (κ3) is 5.76. The molecule has 4 aromatic carbocycles. The van der Waals surface area contributed by atoms with E-state index in [4.69, 9.17) is 18.9 Å². The summed E-state index contributed by atoms with van der Waals surface area (Å²) in [5, 5.41) is 18.1. The highest BCUT2D eigenvalue weighted by atomic mass is 16.5. The van der Waals surface area contributed by atoms with Crippen molar-refractivity contribution in [3.05, 3.63) is 84.9 Å². The van der Waals surface area contributed by atoms with Crippen LogP contribution in [0, 0.1) is 0 Å². The van der Waals surface area contributed by atoms with Gasteiger partial charge in [0.2, 0.25) is 0 Å². The Morgan fingerprint density at radius 3 is 1.24 bits per heavy atom. The van der Waals surface area contributed by atoms with Gasteiger partial charge in [0.05, 0.1) is 38.8 Å². The molecule has 2 heterocycles. The molecule has 0 aliphatic rings. The van der Waals surface area contributed by atoms with Crippen LogP contribution in [0.5, 0.6) is 23.0 Å². The van der Waals surface area contributed by atoms with E-state index in [1.54, 1.807) is 23.8 Å². The molecule has 41 heavy (non-hydrogen) atoms. The van der Waals surface area contributed by atoms with Crippen LogP contribution in [0.15, 0.2) is 84.9 Å². The van der Waals surface area contributed by atoms with E-state index in [0.717, 1.165) is 52.7 Å². The number of unbranched alkanes of at least 4 members (excludes halogenated alkanes) is 2. The van der Waals surface area contributed by atoms with Gasteiger partial charge in [0.25, 0.3) is 0 Å². The molecular weight excluding hydrogens is 520 g/mol. The second-order valence-electron chi connectivity index (χ2n) is 9.38. The van der Waals surface area contributed by atoms with Crippen molar-refractivity contribution in [2.75, 3.05) is 27.4 Å². The van der Waals surface area contributed by atoms with Crippen molar-refractivity contribution in [3.8, 4) is 34.4 Å². The normalized spacial score (nSPS) is 11.2. The smallest absolute Gasteiger partial charge is 0.162 e. The maximum absolute atomic E-state index is 6.01. The predicted octanol–water partition coefficient (Wildman–Crippen LogP) is 5.80. The minimum absolute atomic E-state index is 0.572. The van der Waals surface area contributed by atoms with E-state index >= 15 is 0 Å². The summed E-state index contributed by atoms with van der Waals surface area (Å²) in [6.07, 6.45) is 2.72. The van der Waals surface area contributed by atoms with Gasteiger partial charge in [-0.25, -0.2) is 0 Å². The van der Waals surface area contributed by atoms with Gasteiger partial charge < -0.3 is 18.9 Å². The molecular formula is C31H30N6O4. The minimum atomic E-state index is 0.572. The van der Waals surface area contributed by atoms with Crippen molar-refractivity contribution in [2.45, 2.75) is 19.3 Å². The molecule has 0 N–H and O–H groups in total. The molecule has 0 aliphatic carbocycles. The maximum atomic E-state index is 6.01. The summed E-state index contributed by atoms with van der Waals surface area (Å²) in [4.78, 5) is 3.21. The summed E-state index contributed by atoms with van der Waals surface area (Å²) in [6.45, 7) is 1.14. The summed E-state index contributed by atoms with van der Waals surface area (Å²) >= 11 is 0. The molecule has 0 bridgehead atoms. The molecule has 6 rings (SSSR count). The standard InChI is InChI=1S/C31H30N6O4/c1-38-30-20-22(36-32-24-10-4-5-11-25(24)33-36)14-16-28(30)40-18-8-3-9-19-41-29-17-15-23(21-31(29)39-2)37-34-26-12-6-7-13-27(26)35-37/h4-7,10-17,20-21H,3,8-9,18-19H2,1-2H3. The number of hydrogen-bond donors (Lipinski definition) is 0. The van der Waals surface area contributed by atoms with Gasteiger partial charge in [-0.2, -0.15) is 9.59 Å². The number of methoxy groups -OCH3 is 2. The molecule has 208 valence electrons. The Morgan fingerprint density at radius 1 is 0.488 bits per heavy atom. The van der Waals surface area contributed by atoms with Crippen molar-refractivity contribution in [1.82, 2.24) is 30.0 Å². The van der Waals surface area contributed by atoms with Gasteiger partial charge in [0.15, 0.2) is 23.0 Å². The van der Waals surface area contributed by atoms with E-state index in [9.17, 15) is 0 Å². The quantitative estimate of drug-likeness (QED) is 0.176. The molecule has 0 saturated carbocycles. The number of hydrogen-bond acceptors (Lipinski definition) is 8. The Labute approximate surface area is 237 Å². The van der Waals surface area contributed by atoms with Gasteiger partial charge in [0, 0.05) is 12.1 Å². The molecule has 0 spiro atoms. The molecule has 0 aliphatic heterocycles. The van der Waals surface area contributed by atoms with E-state index in [2.05, 4.69) is 20.4 Å². The van der Waals surface area contributed by atoms with Gasteiger partial charge in [-0.1, -0.05) is 24.3 Å². The van der Waals surface area contributed by atoms with Crippen LogP contribution in [-0.2, 0) is 0 Å². The number of aromatic nitrogens is 6. The van der Waals surface area contributed by atoms with Crippen LogP contribution in [-0.4, -0.2) is 57.4 Å². The van der Waals surface area contributed by atoms with Gasteiger partial charge in [-0.3, -0.25) is 0 Å². The van der Waals surface area contributed by atoms with E-state index in [0.29, 0.717) is 36.2 Å². The van der Waals surface area contributed by atoms with Gasteiger partial charge >= 0.3 is 0 Å². The predicted molar refractivity (Wildman–Crippen MR) is 156 cm³/mol. The SMILES string of the molecule is COc1cc(-n2nc3ccccc3n2)ccc1OCCCCCOc1ccc(-n2nc3ccccc3n2)cc1OC. The highest BCUT2D eigenvalue weighted by Gasteiger charge is 2.11. The molecule has 0 saturated heterocycles. The first-order chi connectivity index (χ1) is 20.2. The third-order valence-electron chi connectivity index (χ3n) is 6.63. The number of ether oxygens (including phenoxy) is 4. The van der Waals surface area contributed by atoms with Crippen LogP contribution in [0.2, 0.25) is 0 Å². The van der Waals surface area contributed by atoms with Crippen LogP contribution >= 0.6 is 0 Å². The largest absolute Gasteiger partial charge is 0.493 e. The highest BCUT2D eigenvalue weighted by Crippen LogP contribution is 2.31. The zero-order valence-electron chi connectivity index (χ0n) is 22.9. The van der Waals surface area contributed by atoms with E-state index in [1.165, 1.54) is 0 Å². The van der Waals surface area contributed by atoms with E-state index in [1.807, 2.05) is 84.9 Å². The Hall–Kier alpha value is -5.12. The van der Waals surface area contributed by atoms with Crippen molar-refractivity contribution < 1.29 is 18.9 Å². The lowest BCUT2D eigenvalue weighted by atomic mass is 10.2. The lowest BCUT2D eigenvalue weighted by molar-refractivity contribution is 0.264. The van der Waals surface area contributed by atoms with Crippen LogP contribution in [0.25, 0.3) is 33.4 Å². The molecule has 0 atom stereocenters. The van der Waals surface area contributed by atoms with Crippen molar-refractivity contribution in [2.24, 2.45) is 0 Å². The highest BCUT2D eigenvalue weighted by molar-refractivity contribution is 5.74. The Bertz CT molecular complexity index is 1580. The average Bonchev–Trinajstić information content (AvgIpc) is 3.65. The van der Waals surface area contributed by atoms with E-state index < -0.39 is 0 Å². The summed E-state index contributed by atoms with van der Waals surface area (Å²) in [7, 11) is 3.26. The fourth-order valence-corrected chi connectivity index (χ4v) is 4.50. The van der Waals surface area contributed by atoms with Gasteiger partial charge in [0.1, 0.15) is 22.1 Å². The van der Waals surface area contributed by atoms with Crippen LogP contribution in [0.4, 0.5) is 0 Å². The monoisotopic (exact) mass is 550 g/mol. The summed E-state index contributed by atoms with van der Waals surface area (Å²) in [5.74, 6) is 2.66. The first-order valence-electron chi connectivity index (χ1n) is 13.5. The molecule has 2 aromatic heterocycles. The van der Waals surface area contributed by atoms with E-state index in [-0.39, 0.29) is 0 Å². The zero-order valence-corrected chi connectivity index (χ0v) is 22.9. The topological polar surface area (TPSA) is 98.3 Å². The molecule has 6 aromatic rings. The second-order valence-corrected chi connectivity index (χ2v) is 9.38. The molecule has 0 radical (unpaired) electrons. The minimum Gasteiger partial charge on any atom is -0.493 e. The lowest BCUT2D eigenvalue weighted by Crippen LogP contribution is -2.04. The third-order valence-corrected chi connectivity index (χ3v) is 6.63. The molecule has 10 nitrogen and oxygen atoms in total. The Morgan fingerprint density at radius 2 is 0.878 bits per heavy atom. The van der Waals surface area contributed by atoms with Gasteiger partial charge in [-0.15, -0.1) is 20.4 Å². The zero-order chi connectivity index (χ0) is 28.0. The van der Waals surface area contributed by atoms with Crippen LogP contribution < -0.4 is 18.9 Å². The average molecular weight is 551 g/mol. The molecule has 10 heteroatoms. The van der Waals surface area contributed by atoms with Crippen molar-refractivity contribution in [3.63, 3.8) is 0 Å². The summed E-state index contributed by atoms with van der Waals surface area (Å²) in [6, 6.07) is 26.9. The molecule has 0 fully saturated rings. The van der Waals surface area contributed by atoms with Crippen molar-refractivity contribution in [1.29, 1.82) is 0 Å². The fraction of sp³-hybridized carbons (Fsp3) is 0.226. The van der Waals surface area contributed by atoms with Gasteiger partial charge in [-0.05, 0) is 67.8 Å². The fourth-order valence-electron chi connectivity index (χ4n) is 4.50. The summed E-state index contributed by atoms with van der Waals surface area (Å²) < 4.78 is 23.1. The first-order valence-corrected chi connectivity index (χ1v) is 13.5. The number of benzene rings is 4. The second kappa shape index (κ2) is 12.0. The number of rotatable bonds is 12. The molecule has 0 amide bonds. The summed E-state index contributed by atoms with van der Waals surface area (Å²) in [5.41, 5.74) is 4.97. The number of nitrogens with zero attached hydrogens (tertiary/aromatic N) is 6. The number of fused-ring (bicyclic) bond motifs is 2. The Balaban J connectivity index is 0.977. The van der Waals surface area contributed by atoms with Crippen LogP contribution in [0.3, 0.4) is 0 Å². The molecule has 0 unspecified atom stereocenters. The van der Waals surface area contributed by atoms with Crippen LogP contribution in [0.1, 0.15) is 19.3 Å².